The number of hydrogen-bond donors (Lipinski definition) is 3. The highest BCUT2D eigenvalue weighted by Crippen LogP contribution is 2.19. The van der Waals surface area contributed by atoms with Gasteiger partial charge in [-0.1, -0.05) is 12.2 Å². The normalized spacial score (nSPS) is 10.6. The third-order valence-electron chi connectivity index (χ3n) is 2.05. The fourth-order valence-corrected chi connectivity index (χ4v) is 1.26. The van der Waals surface area contributed by atoms with Crippen molar-refractivity contribution in [1.29, 1.82) is 0 Å². The minimum atomic E-state index is -0.0300. The first-order valence-corrected chi connectivity index (χ1v) is 5.09. The van der Waals surface area contributed by atoms with Crippen LogP contribution >= 0.6 is 0 Å². The molecule has 0 unspecified atom stereocenters. The SMILES string of the molecule is CC(=O)NCCC=Cc1ccc(O)cc1N. The molecule has 0 heterocycles. The van der Waals surface area contributed by atoms with Gasteiger partial charge >= 0.3 is 0 Å². The Labute approximate surface area is 94.8 Å². The predicted octanol–water partition coefficient (Wildman–Crippen LogP) is 1.51. The molecule has 0 atom stereocenters. The van der Waals surface area contributed by atoms with Crippen LogP contribution in [0.25, 0.3) is 6.08 Å². The Balaban J connectivity index is 2.47. The third kappa shape index (κ3) is 4.04. The Morgan fingerprint density at radius 2 is 2.31 bits per heavy atom. The van der Waals surface area contributed by atoms with E-state index in [0.29, 0.717) is 12.2 Å². The van der Waals surface area contributed by atoms with E-state index in [4.69, 9.17) is 10.8 Å². The Kier molecular flexibility index (Phi) is 4.39. The van der Waals surface area contributed by atoms with Crippen molar-refractivity contribution in [1.82, 2.24) is 5.32 Å². The number of anilines is 1. The van der Waals surface area contributed by atoms with Crippen molar-refractivity contribution >= 4 is 17.7 Å². The first kappa shape index (κ1) is 12.1. The number of benzene rings is 1. The van der Waals surface area contributed by atoms with E-state index in [0.717, 1.165) is 12.0 Å². The number of hydrogen-bond acceptors (Lipinski definition) is 3. The highest BCUT2D eigenvalue weighted by molar-refractivity contribution is 5.72. The molecular formula is C12H16N2O2. The van der Waals surface area contributed by atoms with Gasteiger partial charge in [-0.15, -0.1) is 0 Å². The summed E-state index contributed by atoms with van der Waals surface area (Å²) in [5, 5.41) is 11.9. The number of carbonyl (C=O) groups excluding carboxylic acids is 1. The van der Waals surface area contributed by atoms with Crippen LogP contribution in [0.1, 0.15) is 18.9 Å². The molecule has 0 radical (unpaired) electrons. The van der Waals surface area contributed by atoms with Gasteiger partial charge in [0, 0.05) is 25.2 Å². The molecule has 0 aromatic heterocycles. The lowest BCUT2D eigenvalue weighted by atomic mass is 10.1. The Hall–Kier alpha value is -1.97. The van der Waals surface area contributed by atoms with Crippen LogP contribution in [-0.2, 0) is 4.79 Å². The second-order valence-corrected chi connectivity index (χ2v) is 3.49. The van der Waals surface area contributed by atoms with Gasteiger partial charge in [-0.05, 0) is 24.1 Å². The van der Waals surface area contributed by atoms with Crippen LogP contribution in [0.15, 0.2) is 24.3 Å². The highest BCUT2D eigenvalue weighted by Gasteiger charge is 1.95. The van der Waals surface area contributed by atoms with Crippen LogP contribution < -0.4 is 11.1 Å². The lowest BCUT2D eigenvalue weighted by molar-refractivity contribution is -0.118. The molecule has 0 saturated heterocycles. The maximum Gasteiger partial charge on any atom is 0.216 e. The first-order valence-electron chi connectivity index (χ1n) is 5.09. The van der Waals surface area contributed by atoms with Crippen LogP contribution in [0.3, 0.4) is 0 Å². The lowest BCUT2D eigenvalue weighted by Gasteiger charge is -2.01. The number of phenolic OH excluding ortho intramolecular Hbond substituents is 1. The summed E-state index contributed by atoms with van der Waals surface area (Å²) in [7, 11) is 0. The minimum absolute atomic E-state index is 0.0300. The van der Waals surface area contributed by atoms with Crippen molar-refractivity contribution in [3.63, 3.8) is 0 Å². The Bertz CT molecular complexity index is 400. The van der Waals surface area contributed by atoms with Crippen LogP contribution in [0, 0.1) is 0 Å². The molecule has 0 spiro atoms. The average Bonchev–Trinajstić information content (AvgIpc) is 2.20. The van der Waals surface area contributed by atoms with Crippen molar-refractivity contribution in [2.45, 2.75) is 13.3 Å². The van der Waals surface area contributed by atoms with Gasteiger partial charge in [0.15, 0.2) is 0 Å². The van der Waals surface area contributed by atoms with Gasteiger partial charge < -0.3 is 16.2 Å². The lowest BCUT2D eigenvalue weighted by Crippen LogP contribution is -2.20. The number of aromatic hydroxyl groups is 1. The topological polar surface area (TPSA) is 75.3 Å². The fraction of sp³-hybridized carbons (Fsp3) is 0.250. The summed E-state index contributed by atoms with van der Waals surface area (Å²) in [6.07, 6.45) is 4.55. The van der Waals surface area contributed by atoms with E-state index < -0.39 is 0 Å². The molecule has 4 nitrogen and oxygen atoms in total. The van der Waals surface area contributed by atoms with Gasteiger partial charge in [0.2, 0.25) is 5.91 Å². The summed E-state index contributed by atoms with van der Waals surface area (Å²) in [6, 6.07) is 4.84. The van der Waals surface area contributed by atoms with Crippen LogP contribution in [-0.4, -0.2) is 17.6 Å². The predicted molar refractivity (Wildman–Crippen MR) is 64.9 cm³/mol. The molecule has 4 heteroatoms. The molecule has 0 bridgehead atoms. The molecule has 16 heavy (non-hydrogen) atoms. The van der Waals surface area contributed by atoms with Crippen molar-refractivity contribution in [2.24, 2.45) is 0 Å². The second-order valence-electron chi connectivity index (χ2n) is 3.49. The zero-order chi connectivity index (χ0) is 12.0. The Morgan fingerprint density at radius 1 is 1.56 bits per heavy atom. The first-order chi connectivity index (χ1) is 7.59. The summed E-state index contributed by atoms with van der Waals surface area (Å²) >= 11 is 0. The van der Waals surface area contributed by atoms with E-state index >= 15 is 0 Å². The highest BCUT2D eigenvalue weighted by atomic mass is 16.3. The van der Waals surface area contributed by atoms with Gasteiger partial charge in [0.05, 0.1) is 0 Å². The standard InChI is InChI=1S/C12H16N2O2/c1-9(15)14-7-3-2-4-10-5-6-11(16)8-12(10)13/h2,4-6,8,16H,3,7,13H2,1H3,(H,14,15). The summed E-state index contributed by atoms with van der Waals surface area (Å²) < 4.78 is 0. The zero-order valence-electron chi connectivity index (χ0n) is 9.23. The van der Waals surface area contributed by atoms with E-state index in [2.05, 4.69) is 5.32 Å². The number of rotatable bonds is 4. The van der Waals surface area contributed by atoms with E-state index in [1.54, 1.807) is 12.1 Å². The number of phenols is 1. The van der Waals surface area contributed by atoms with Crippen molar-refractivity contribution < 1.29 is 9.90 Å². The summed E-state index contributed by atoms with van der Waals surface area (Å²) in [6.45, 7) is 2.10. The number of carbonyl (C=O) groups is 1. The molecule has 1 aromatic rings. The van der Waals surface area contributed by atoms with Gasteiger partial charge in [0.25, 0.3) is 0 Å². The molecule has 0 aliphatic heterocycles. The third-order valence-corrected chi connectivity index (χ3v) is 2.05. The van der Waals surface area contributed by atoms with Crippen molar-refractivity contribution in [3.05, 3.63) is 29.8 Å². The summed E-state index contributed by atoms with van der Waals surface area (Å²) in [5.41, 5.74) is 7.10. The average molecular weight is 220 g/mol. The number of nitrogens with one attached hydrogen (secondary N) is 1. The zero-order valence-corrected chi connectivity index (χ0v) is 9.23. The molecule has 0 aliphatic carbocycles. The minimum Gasteiger partial charge on any atom is -0.508 e. The largest absolute Gasteiger partial charge is 0.508 e. The van der Waals surface area contributed by atoms with E-state index in [9.17, 15) is 4.79 Å². The molecular weight excluding hydrogens is 204 g/mol. The van der Waals surface area contributed by atoms with Gasteiger partial charge in [0.1, 0.15) is 5.75 Å². The molecule has 0 fully saturated rings. The Morgan fingerprint density at radius 3 is 2.94 bits per heavy atom. The van der Waals surface area contributed by atoms with Crippen LogP contribution in [0.4, 0.5) is 5.69 Å². The quantitative estimate of drug-likeness (QED) is 0.532. The maximum absolute atomic E-state index is 10.6. The molecule has 1 rings (SSSR count). The van der Waals surface area contributed by atoms with E-state index in [-0.39, 0.29) is 11.7 Å². The second kappa shape index (κ2) is 5.80. The van der Waals surface area contributed by atoms with Crippen LogP contribution in [0.2, 0.25) is 0 Å². The molecule has 1 aromatic carbocycles. The number of nitrogen functional groups attached to an aromatic ring is 1. The summed E-state index contributed by atoms with van der Waals surface area (Å²) in [4.78, 5) is 10.6. The molecule has 1 amide bonds. The smallest absolute Gasteiger partial charge is 0.216 e. The molecule has 4 N–H and O–H groups in total. The van der Waals surface area contributed by atoms with Crippen molar-refractivity contribution in [3.8, 4) is 5.75 Å². The van der Waals surface area contributed by atoms with Gasteiger partial charge in [-0.3, -0.25) is 4.79 Å². The van der Waals surface area contributed by atoms with Gasteiger partial charge in [-0.25, -0.2) is 0 Å². The maximum atomic E-state index is 10.6. The monoisotopic (exact) mass is 220 g/mol. The molecule has 0 saturated carbocycles. The van der Waals surface area contributed by atoms with Crippen molar-refractivity contribution in [2.75, 3.05) is 12.3 Å². The fourth-order valence-electron chi connectivity index (χ4n) is 1.26. The van der Waals surface area contributed by atoms with E-state index in [1.165, 1.54) is 13.0 Å². The number of amides is 1. The van der Waals surface area contributed by atoms with Crippen LogP contribution in [0.5, 0.6) is 5.75 Å². The van der Waals surface area contributed by atoms with Gasteiger partial charge in [-0.2, -0.15) is 0 Å². The van der Waals surface area contributed by atoms with E-state index in [1.807, 2.05) is 12.2 Å². The number of nitrogens with two attached hydrogens (primary N) is 1. The summed E-state index contributed by atoms with van der Waals surface area (Å²) in [5.74, 6) is 0.130. The molecule has 0 aliphatic rings. The molecule has 86 valence electrons.